The fourth-order valence-electron chi connectivity index (χ4n) is 2.32. The Labute approximate surface area is 133 Å². The second-order valence-electron chi connectivity index (χ2n) is 6.46. The van der Waals surface area contributed by atoms with E-state index in [0.717, 1.165) is 0 Å². The fraction of sp³-hybridized carbons (Fsp3) is 0.294. The third-order valence-electron chi connectivity index (χ3n) is 3.61. The summed E-state index contributed by atoms with van der Waals surface area (Å²) in [4.78, 5) is 28.2. The van der Waals surface area contributed by atoms with E-state index in [2.05, 4.69) is 19.9 Å². The van der Waals surface area contributed by atoms with Crippen LogP contribution in [0.4, 0.5) is 0 Å². The van der Waals surface area contributed by atoms with Crippen molar-refractivity contribution in [1.29, 1.82) is 0 Å². The van der Waals surface area contributed by atoms with E-state index in [1.165, 1.54) is 6.20 Å². The normalized spacial score (nSPS) is 13.2. The van der Waals surface area contributed by atoms with Crippen molar-refractivity contribution in [2.75, 3.05) is 0 Å². The number of carbonyl (C=O) groups is 1. The molecule has 0 amide bonds. The molecule has 0 spiro atoms. The molecule has 6 nitrogen and oxygen atoms in total. The maximum atomic E-state index is 12.5. The maximum absolute atomic E-state index is 12.5. The van der Waals surface area contributed by atoms with Crippen LogP contribution in [0.3, 0.4) is 0 Å². The molecule has 1 unspecified atom stereocenters. The van der Waals surface area contributed by atoms with Gasteiger partial charge in [0.25, 0.3) is 0 Å². The smallest absolute Gasteiger partial charge is 0.171 e. The molecule has 1 atom stereocenters. The summed E-state index contributed by atoms with van der Waals surface area (Å²) in [6, 6.07) is 3.51. The van der Waals surface area contributed by atoms with Crippen LogP contribution in [0.5, 0.6) is 0 Å². The van der Waals surface area contributed by atoms with Gasteiger partial charge in [-0.2, -0.15) is 0 Å². The molecule has 0 radical (unpaired) electrons. The number of ketones is 1. The van der Waals surface area contributed by atoms with Gasteiger partial charge in [0.15, 0.2) is 11.4 Å². The van der Waals surface area contributed by atoms with Crippen LogP contribution in [-0.4, -0.2) is 30.8 Å². The molecular weight excluding hydrogens is 292 g/mol. The zero-order chi connectivity index (χ0) is 16.6. The number of hydrogen-bond acceptors (Lipinski definition) is 5. The zero-order valence-electron chi connectivity index (χ0n) is 13.2. The Morgan fingerprint density at radius 2 is 2.09 bits per heavy atom. The van der Waals surface area contributed by atoms with Gasteiger partial charge in [0.05, 0.1) is 17.5 Å². The number of H-pyrrole nitrogens is 1. The van der Waals surface area contributed by atoms with Gasteiger partial charge in [-0.05, 0) is 6.07 Å². The highest BCUT2D eigenvalue weighted by Gasteiger charge is 2.27. The molecule has 6 heteroatoms. The number of hydrogen-bond donors (Lipinski definition) is 2. The molecule has 0 saturated carbocycles. The van der Waals surface area contributed by atoms with Crippen LogP contribution in [-0.2, 0) is 0 Å². The highest BCUT2D eigenvalue weighted by molar-refractivity contribution is 6.08. The standard InChI is InChI=1S/C17H18N4O2/c1-17(2,3)15(23)11-8-19-16-13(11)21-12(9-20-16)14(22)10-5-4-6-18-7-10/h4-9,14,22H,1-3H3,(H,19,20). The third-order valence-corrected chi connectivity index (χ3v) is 3.61. The van der Waals surface area contributed by atoms with Crippen molar-refractivity contribution in [2.24, 2.45) is 5.41 Å². The van der Waals surface area contributed by atoms with Crippen molar-refractivity contribution < 1.29 is 9.90 Å². The molecule has 118 valence electrons. The number of Topliss-reactive ketones (excluding diaryl/α,β-unsaturated/α-hetero) is 1. The molecule has 0 aliphatic rings. The van der Waals surface area contributed by atoms with Gasteiger partial charge in [0.2, 0.25) is 0 Å². The first kappa shape index (κ1) is 15.3. The summed E-state index contributed by atoms with van der Waals surface area (Å²) in [6.45, 7) is 5.57. The van der Waals surface area contributed by atoms with Gasteiger partial charge in [-0.3, -0.25) is 9.78 Å². The van der Waals surface area contributed by atoms with E-state index in [-0.39, 0.29) is 5.78 Å². The van der Waals surface area contributed by atoms with Crippen LogP contribution in [0.25, 0.3) is 11.2 Å². The Hall–Kier alpha value is -2.60. The van der Waals surface area contributed by atoms with Crippen molar-refractivity contribution in [1.82, 2.24) is 19.9 Å². The molecule has 0 aliphatic carbocycles. The first-order valence-electron chi connectivity index (χ1n) is 7.35. The number of nitrogens with zero attached hydrogens (tertiary/aromatic N) is 3. The lowest BCUT2D eigenvalue weighted by Crippen LogP contribution is -2.20. The number of aromatic amines is 1. The molecule has 0 aliphatic heterocycles. The van der Waals surface area contributed by atoms with Crippen LogP contribution in [0.1, 0.15) is 48.5 Å². The highest BCUT2D eigenvalue weighted by Crippen LogP contribution is 2.26. The number of nitrogens with one attached hydrogen (secondary N) is 1. The molecule has 0 aromatic carbocycles. The Morgan fingerprint density at radius 1 is 1.30 bits per heavy atom. The number of carbonyl (C=O) groups excluding carboxylic acids is 1. The molecular formula is C17H18N4O2. The first-order valence-corrected chi connectivity index (χ1v) is 7.35. The van der Waals surface area contributed by atoms with Crippen LogP contribution < -0.4 is 0 Å². The lowest BCUT2D eigenvalue weighted by molar-refractivity contribution is 0.0860. The van der Waals surface area contributed by atoms with E-state index in [4.69, 9.17) is 0 Å². The number of pyridine rings is 1. The summed E-state index contributed by atoms with van der Waals surface area (Å²) in [5.41, 5.74) is 1.98. The van der Waals surface area contributed by atoms with Gasteiger partial charge in [-0.1, -0.05) is 26.8 Å². The second-order valence-corrected chi connectivity index (χ2v) is 6.46. The highest BCUT2D eigenvalue weighted by atomic mass is 16.3. The summed E-state index contributed by atoms with van der Waals surface area (Å²) in [5, 5.41) is 10.4. The fourth-order valence-corrected chi connectivity index (χ4v) is 2.32. The minimum atomic E-state index is -0.937. The summed E-state index contributed by atoms with van der Waals surface area (Å²) in [7, 11) is 0. The molecule has 3 aromatic heterocycles. The van der Waals surface area contributed by atoms with E-state index in [9.17, 15) is 9.90 Å². The van der Waals surface area contributed by atoms with Crippen LogP contribution in [0.15, 0.2) is 36.9 Å². The van der Waals surface area contributed by atoms with Gasteiger partial charge in [0, 0.05) is 29.6 Å². The SMILES string of the molecule is CC(C)(C)C(=O)c1c[nH]c2ncc(C(O)c3cccnc3)nc12. The summed E-state index contributed by atoms with van der Waals surface area (Å²) in [5.74, 6) is -0.0222. The van der Waals surface area contributed by atoms with Crippen molar-refractivity contribution >= 4 is 16.9 Å². The third kappa shape index (κ3) is 2.85. The van der Waals surface area contributed by atoms with Gasteiger partial charge in [0.1, 0.15) is 11.6 Å². The van der Waals surface area contributed by atoms with E-state index in [1.807, 2.05) is 20.8 Å². The van der Waals surface area contributed by atoms with Gasteiger partial charge < -0.3 is 10.1 Å². The molecule has 0 saturated heterocycles. The first-order chi connectivity index (χ1) is 10.9. The molecule has 0 bridgehead atoms. The van der Waals surface area contributed by atoms with Gasteiger partial charge in [-0.25, -0.2) is 9.97 Å². The van der Waals surface area contributed by atoms with E-state index in [1.54, 1.807) is 30.7 Å². The predicted octanol–water partition coefficient (Wildman–Crippen LogP) is 2.66. The Bertz CT molecular complexity index is 850. The van der Waals surface area contributed by atoms with Crippen LogP contribution >= 0.6 is 0 Å². The van der Waals surface area contributed by atoms with Crippen molar-refractivity contribution in [3.8, 4) is 0 Å². The van der Waals surface area contributed by atoms with Crippen LogP contribution in [0.2, 0.25) is 0 Å². The second kappa shape index (κ2) is 5.55. The monoisotopic (exact) mass is 310 g/mol. The van der Waals surface area contributed by atoms with Crippen molar-refractivity contribution in [2.45, 2.75) is 26.9 Å². The van der Waals surface area contributed by atoms with Gasteiger partial charge in [-0.15, -0.1) is 0 Å². The number of aliphatic hydroxyl groups excluding tert-OH is 1. The summed E-state index contributed by atoms with van der Waals surface area (Å²) < 4.78 is 0. The molecule has 2 N–H and O–H groups in total. The number of rotatable bonds is 3. The number of aromatic nitrogens is 4. The minimum absolute atomic E-state index is 0.0222. The largest absolute Gasteiger partial charge is 0.382 e. The molecule has 0 fully saturated rings. The lowest BCUT2D eigenvalue weighted by atomic mass is 9.87. The molecule has 3 rings (SSSR count). The minimum Gasteiger partial charge on any atom is -0.382 e. The number of aliphatic hydroxyl groups is 1. The average Bonchev–Trinajstić information content (AvgIpc) is 2.96. The summed E-state index contributed by atoms with van der Waals surface area (Å²) in [6.07, 6.45) is 5.40. The maximum Gasteiger partial charge on any atom is 0.171 e. The van der Waals surface area contributed by atoms with E-state index in [0.29, 0.717) is 28.0 Å². The molecule has 3 aromatic rings. The molecule has 3 heterocycles. The Morgan fingerprint density at radius 3 is 2.74 bits per heavy atom. The zero-order valence-corrected chi connectivity index (χ0v) is 13.2. The Balaban J connectivity index is 2.06. The predicted molar refractivity (Wildman–Crippen MR) is 86.0 cm³/mol. The van der Waals surface area contributed by atoms with Crippen molar-refractivity contribution in [3.05, 3.63) is 53.7 Å². The van der Waals surface area contributed by atoms with Gasteiger partial charge >= 0.3 is 0 Å². The lowest BCUT2D eigenvalue weighted by Gasteiger charge is -2.15. The quantitative estimate of drug-likeness (QED) is 0.726. The van der Waals surface area contributed by atoms with Crippen molar-refractivity contribution in [3.63, 3.8) is 0 Å². The topological polar surface area (TPSA) is 91.8 Å². The van der Waals surface area contributed by atoms with Crippen LogP contribution in [0, 0.1) is 5.41 Å². The average molecular weight is 310 g/mol. The number of fused-ring (bicyclic) bond motifs is 1. The van der Waals surface area contributed by atoms with E-state index < -0.39 is 11.5 Å². The summed E-state index contributed by atoms with van der Waals surface area (Å²) >= 11 is 0. The molecule has 23 heavy (non-hydrogen) atoms. The Kier molecular flexibility index (Phi) is 3.69. The van der Waals surface area contributed by atoms with E-state index >= 15 is 0 Å².